The molecule has 12 heteroatoms. The first-order valence-corrected chi connectivity index (χ1v) is 9.68. The molecule has 2 heterocycles. The number of carbonyl (C=O) groups is 2. The summed E-state index contributed by atoms with van der Waals surface area (Å²) in [5.41, 5.74) is 14.9. The molecule has 0 radical (unpaired) electrons. The zero-order valence-corrected chi connectivity index (χ0v) is 17.2. The molecule has 2 aromatic heterocycles. The number of imidazole rings is 1. The Kier molecular flexibility index (Phi) is 5.58. The van der Waals surface area contributed by atoms with Crippen LogP contribution in [0.2, 0.25) is 0 Å². The normalized spacial score (nSPS) is 10.6. The van der Waals surface area contributed by atoms with Crippen molar-refractivity contribution in [1.82, 2.24) is 19.5 Å². The van der Waals surface area contributed by atoms with Gasteiger partial charge in [-0.2, -0.15) is 0 Å². The largest absolute Gasteiger partial charge is 0.462 e. The molecular weight excluding hydrogens is 428 g/mol. The number of aromatic amines is 1. The van der Waals surface area contributed by atoms with Crippen LogP contribution in [-0.4, -0.2) is 38.0 Å². The molecule has 0 saturated carbocycles. The molecule has 0 aliphatic heterocycles. The highest BCUT2D eigenvalue weighted by molar-refractivity contribution is 6.02. The SMILES string of the molecule is CCOC(=O)c1cccc(-n2c(=O)[nH]c3c(C(N)=O)nc(-c4ccc(N=[N+]=[N-])cc4)nc32)c1. The first-order chi connectivity index (χ1) is 15.9. The van der Waals surface area contributed by atoms with Gasteiger partial charge in [-0.3, -0.25) is 4.79 Å². The fourth-order valence-electron chi connectivity index (χ4n) is 3.25. The predicted molar refractivity (Wildman–Crippen MR) is 118 cm³/mol. The van der Waals surface area contributed by atoms with Gasteiger partial charge in [0.15, 0.2) is 17.2 Å². The van der Waals surface area contributed by atoms with Crippen molar-refractivity contribution < 1.29 is 14.3 Å². The second kappa shape index (κ2) is 8.65. The maximum atomic E-state index is 12.8. The molecule has 0 bridgehead atoms. The Hall–Kier alpha value is -4.96. The van der Waals surface area contributed by atoms with Crippen molar-refractivity contribution in [3.05, 3.63) is 80.7 Å². The quantitative estimate of drug-likeness (QED) is 0.199. The summed E-state index contributed by atoms with van der Waals surface area (Å²) in [6.07, 6.45) is 0. The van der Waals surface area contributed by atoms with Crippen LogP contribution in [0.3, 0.4) is 0 Å². The highest BCUT2D eigenvalue weighted by Crippen LogP contribution is 2.24. The van der Waals surface area contributed by atoms with Crippen molar-refractivity contribution in [2.45, 2.75) is 6.92 Å². The minimum absolute atomic E-state index is 0.0588. The number of aromatic nitrogens is 4. The van der Waals surface area contributed by atoms with Gasteiger partial charge in [0.05, 0.1) is 17.9 Å². The van der Waals surface area contributed by atoms with Crippen LogP contribution in [0, 0.1) is 0 Å². The Balaban J connectivity index is 1.94. The molecule has 164 valence electrons. The maximum absolute atomic E-state index is 12.8. The summed E-state index contributed by atoms with van der Waals surface area (Å²) in [6, 6.07) is 12.6. The van der Waals surface area contributed by atoms with E-state index in [2.05, 4.69) is 25.0 Å². The number of azide groups is 1. The zero-order valence-electron chi connectivity index (χ0n) is 17.2. The molecule has 0 fully saturated rings. The third kappa shape index (κ3) is 4.01. The van der Waals surface area contributed by atoms with Crippen LogP contribution in [0.5, 0.6) is 0 Å². The van der Waals surface area contributed by atoms with Crippen LogP contribution in [0.15, 0.2) is 58.4 Å². The fourth-order valence-corrected chi connectivity index (χ4v) is 3.25. The average Bonchev–Trinajstić information content (AvgIpc) is 3.15. The van der Waals surface area contributed by atoms with E-state index in [4.69, 9.17) is 16.0 Å². The highest BCUT2D eigenvalue weighted by atomic mass is 16.5. The Labute approximate surface area is 185 Å². The van der Waals surface area contributed by atoms with Crippen LogP contribution < -0.4 is 11.4 Å². The number of rotatable bonds is 6. The molecule has 0 saturated heterocycles. The molecular formula is C21H16N8O4. The topological polar surface area (TPSA) is 182 Å². The number of nitrogens with two attached hydrogens (primary N) is 1. The van der Waals surface area contributed by atoms with E-state index in [1.54, 1.807) is 49.4 Å². The highest BCUT2D eigenvalue weighted by Gasteiger charge is 2.21. The van der Waals surface area contributed by atoms with Crippen molar-refractivity contribution in [2.24, 2.45) is 10.8 Å². The van der Waals surface area contributed by atoms with E-state index in [-0.39, 0.29) is 34.9 Å². The van der Waals surface area contributed by atoms with E-state index in [9.17, 15) is 14.4 Å². The van der Waals surface area contributed by atoms with Gasteiger partial charge >= 0.3 is 11.7 Å². The second-order valence-electron chi connectivity index (χ2n) is 6.73. The lowest BCUT2D eigenvalue weighted by Crippen LogP contribution is -2.16. The Morgan fingerprint density at radius 3 is 2.64 bits per heavy atom. The molecule has 4 aromatic rings. The molecule has 0 atom stereocenters. The third-order valence-electron chi connectivity index (χ3n) is 4.67. The number of ether oxygens (including phenoxy) is 1. The minimum atomic E-state index is -0.858. The molecule has 3 N–H and O–H groups in total. The maximum Gasteiger partial charge on any atom is 0.338 e. The number of amides is 1. The zero-order chi connectivity index (χ0) is 23.5. The summed E-state index contributed by atoms with van der Waals surface area (Å²) < 4.78 is 6.23. The molecule has 0 spiro atoms. The fraction of sp³-hybridized carbons (Fsp3) is 0.0952. The molecule has 12 nitrogen and oxygen atoms in total. The number of fused-ring (bicyclic) bond motifs is 1. The Morgan fingerprint density at radius 2 is 1.97 bits per heavy atom. The molecule has 1 amide bonds. The number of nitrogens with zero attached hydrogens (tertiary/aromatic N) is 6. The van der Waals surface area contributed by atoms with Crippen molar-refractivity contribution in [3.63, 3.8) is 0 Å². The lowest BCUT2D eigenvalue weighted by atomic mass is 10.2. The monoisotopic (exact) mass is 444 g/mol. The van der Waals surface area contributed by atoms with Crippen molar-refractivity contribution in [2.75, 3.05) is 6.61 Å². The summed E-state index contributed by atoms with van der Waals surface area (Å²) >= 11 is 0. The molecule has 0 unspecified atom stereocenters. The van der Waals surface area contributed by atoms with Crippen LogP contribution in [0.25, 0.3) is 38.7 Å². The first-order valence-electron chi connectivity index (χ1n) is 9.68. The predicted octanol–water partition coefficient (Wildman–Crippen LogP) is 2.99. The minimum Gasteiger partial charge on any atom is -0.462 e. The van der Waals surface area contributed by atoms with Gasteiger partial charge in [-0.1, -0.05) is 35.4 Å². The van der Waals surface area contributed by atoms with Crippen LogP contribution in [0.4, 0.5) is 5.69 Å². The third-order valence-corrected chi connectivity index (χ3v) is 4.67. The van der Waals surface area contributed by atoms with Crippen molar-refractivity contribution in [1.29, 1.82) is 0 Å². The summed E-state index contributed by atoms with van der Waals surface area (Å²) in [4.78, 5) is 51.0. The van der Waals surface area contributed by atoms with E-state index in [1.807, 2.05) is 0 Å². The van der Waals surface area contributed by atoms with Gasteiger partial charge in [-0.15, -0.1) is 0 Å². The van der Waals surface area contributed by atoms with Gasteiger partial charge in [-0.05, 0) is 30.7 Å². The van der Waals surface area contributed by atoms with Crippen molar-refractivity contribution >= 4 is 28.7 Å². The number of hydrogen-bond donors (Lipinski definition) is 2. The van der Waals surface area contributed by atoms with E-state index in [0.717, 1.165) is 0 Å². The Bertz CT molecular complexity index is 1500. The van der Waals surface area contributed by atoms with Gasteiger partial charge in [0.2, 0.25) is 0 Å². The van der Waals surface area contributed by atoms with E-state index in [1.165, 1.54) is 10.6 Å². The van der Waals surface area contributed by atoms with Crippen LogP contribution in [-0.2, 0) is 4.74 Å². The van der Waals surface area contributed by atoms with Crippen LogP contribution >= 0.6 is 0 Å². The lowest BCUT2D eigenvalue weighted by Gasteiger charge is -2.08. The Morgan fingerprint density at radius 1 is 1.21 bits per heavy atom. The summed E-state index contributed by atoms with van der Waals surface area (Å²) in [5, 5.41) is 3.51. The van der Waals surface area contributed by atoms with Gasteiger partial charge in [0.25, 0.3) is 5.91 Å². The number of carbonyl (C=O) groups excluding carboxylic acids is 2. The standard InChI is InChI=1S/C21H16N8O4/c1-2-33-20(31)12-4-3-5-14(10-12)29-19-16(25-21(29)32)15(17(22)30)24-18(26-19)11-6-8-13(9-7-11)27-28-23/h3-10H,2H2,1H3,(H2,22,30)(H,25,32). The number of primary amides is 1. The first kappa shape index (κ1) is 21.3. The average molecular weight is 444 g/mol. The van der Waals surface area contributed by atoms with Crippen molar-refractivity contribution in [3.8, 4) is 17.1 Å². The number of H-pyrrole nitrogens is 1. The summed E-state index contributed by atoms with van der Waals surface area (Å²) in [6.45, 7) is 1.89. The molecule has 33 heavy (non-hydrogen) atoms. The van der Waals surface area contributed by atoms with E-state index in [0.29, 0.717) is 16.9 Å². The number of esters is 1. The molecule has 4 rings (SSSR count). The second-order valence-corrected chi connectivity index (χ2v) is 6.73. The number of benzene rings is 2. The number of hydrogen-bond acceptors (Lipinski definition) is 7. The molecule has 0 aliphatic carbocycles. The van der Waals surface area contributed by atoms with Gasteiger partial charge in [-0.25, -0.2) is 24.1 Å². The molecule has 0 aliphatic rings. The van der Waals surface area contributed by atoms with Gasteiger partial charge < -0.3 is 15.5 Å². The van der Waals surface area contributed by atoms with Gasteiger partial charge in [0, 0.05) is 16.2 Å². The smallest absolute Gasteiger partial charge is 0.338 e. The number of nitrogens with one attached hydrogen (secondary N) is 1. The molecule has 2 aromatic carbocycles. The summed E-state index contributed by atoms with van der Waals surface area (Å²) in [5.74, 6) is -1.28. The van der Waals surface area contributed by atoms with Gasteiger partial charge in [0.1, 0.15) is 5.52 Å². The van der Waals surface area contributed by atoms with Crippen LogP contribution in [0.1, 0.15) is 27.8 Å². The van der Waals surface area contributed by atoms with E-state index < -0.39 is 17.6 Å². The van der Waals surface area contributed by atoms with E-state index >= 15 is 0 Å². The lowest BCUT2D eigenvalue weighted by molar-refractivity contribution is 0.0526. The summed E-state index contributed by atoms with van der Waals surface area (Å²) in [7, 11) is 0.